The maximum absolute atomic E-state index is 12.3. The van der Waals surface area contributed by atoms with Gasteiger partial charge in [0.1, 0.15) is 5.69 Å². The fourth-order valence-corrected chi connectivity index (χ4v) is 2.39. The van der Waals surface area contributed by atoms with Gasteiger partial charge in [0, 0.05) is 22.4 Å². The van der Waals surface area contributed by atoms with E-state index < -0.39 is 0 Å². The Bertz CT molecular complexity index is 685. The summed E-state index contributed by atoms with van der Waals surface area (Å²) in [6.07, 6.45) is 3.87. The fourth-order valence-electron chi connectivity index (χ4n) is 1.92. The van der Waals surface area contributed by atoms with Gasteiger partial charge >= 0.3 is 0 Å². The Balaban J connectivity index is 1.75. The molecule has 1 aliphatic carbocycles. The third-order valence-corrected chi connectivity index (χ3v) is 3.73. The minimum absolute atomic E-state index is 0.235. The van der Waals surface area contributed by atoms with Crippen LogP contribution in [0.3, 0.4) is 0 Å². The van der Waals surface area contributed by atoms with E-state index in [2.05, 4.69) is 36.5 Å². The Kier molecular flexibility index (Phi) is 3.88. The molecule has 0 radical (unpaired) electrons. The Morgan fingerprint density at radius 1 is 1.33 bits per heavy atom. The van der Waals surface area contributed by atoms with Crippen molar-refractivity contribution in [2.24, 2.45) is 0 Å². The van der Waals surface area contributed by atoms with Gasteiger partial charge in [-0.25, -0.2) is 9.97 Å². The highest BCUT2D eigenvalue weighted by atomic mass is 79.9. The maximum atomic E-state index is 12.3. The van der Waals surface area contributed by atoms with Crippen molar-refractivity contribution in [2.75, 3.05) is 10.6 Å². The van der Waals surface area contributed by atoms with Crippen molar-refractivity contribution >= 4 is 33.5 Å². The van der Waals surface area contributed by atoms with Crippen LogP contribution in [0.1, 0.15) is 28.9 Å². The van der Waals surface area contributed by atoms with E-state index in [9.17, 15) is 4.79 Å². The van der Waals surface area contributed by atoms with Crippen molar-refractivity contribution < 1.29 is 4.79 Å². The monoisotopic (exact) mass is 346 g/mol. The quantitative estimate of drug-likeness (QED) is 0.890. The van der Waals surface area contributed by atoms with Crippen molar-refractivity contribution in [3.63, 3.8) is 0 Å². The smallest absolute Gasteiger partial charge is 0.274 e. The second-order valence-electron chi connectivity index (χ2n) is 5.10. The zero-order valence-corrected chi connectivity index (χ0v) is 13.1. The van der Waals surface area contributed by atoms with E-state index in [1.807, 2.05) is 25.1 Å². The largest absolute Gasteiger partial charge is 0.351 e. The lowest BCUT2D eigenvalue weighted by Gasteiger charge is -2.09. The van der Waals surface area contributed by atoms with Crippen LogP contribution in [-0.4, -0.2) is 21.9 Å². The first kappa shape index (κ1) is 14.0. The van der Waals surface area contributed by atoms with E-state index in [-0.39, 0.29) is 5.91 Å². The van der Waals surface area contributed by atoms with Gasteiger partial charge in [0.2, 0.25) is 5.95 Å². The van der Waals surface area contributed by atoms with Gasteiger partial charge in [0.15, 0.2) is 0 Å². The molecule has 0 saturated heterocycles. The molecule has 2 N–H and O–H groups in total. The van der Waals surface area contributed by atoms with E-state index >= 15 is 0 Å². The summed E-state index contributed by atoms with van der Waals surface area (Å²) in [5, 5.41) is 6.06. The molecule has 1 aromatic heterocycles. The predicted octanol–water partition coefficient (Wildman–Crippen LogP) is 3.37. The SMILES string of the molecule is Cc1cc(Br)ccc1NC(=O)c1ccnc(NC2CC2)n1. The molecule has 1 heterocycles. The number of nitrogens with zero attached hydrogens (tertiary/aromatic N) is 2. The first-order chi connectivity index (χ1) is 10.1. The molecule has 0 spiro atoms. The number of benzene rings is 1. The summed E-state index contributed by atoms with van der Waals surface area (Å²) in [5.41, 5.74) is 2.12. The molecule has 1 amide bonds. The number of carbonyl (C=O) groups excluding carboxylic acids is 1. The van der Waals surface area contributed by atoms with Crippen LogP contribution < -0.4 is 10.6 Å². The molecular weight excluding hydrogens is 332 g/mol. The average molecular weight is 347 g/mol. The van der Waals surface area contributed by atoms with Crippen LogP contribution in [0, 0.1) is 6.92 Å². The molecule has 2 aromatic rings. The summed E-state index contributed by atoms with van der Waals surface area (Å²) in [4.78, 5) is 20.6. The Morgan fingerprint density at radius 2 is 2.14 bits per heavy atom. The highest BCUT2D eigenvalue weighted by molar-refractivity contribution is 9.10. The molecule has 1 aromatic carbocycles. The molecule has 0 aliphatic heterocycles. The third kappa shape index (κ3) is 3.58. The van der Waals surface area contributed by atoms with Crippen molar-refractivity contribution in [1.82, 2.24) is 9.97 Å². The Hall–Kier alpha value is -1.95. The van der Waals surface area contributed by atoms with Gasteiger partial charge in [-0.3, -0.25) is 4.79 Å². The number of amides is 1. The van der Waals surface area contributed by atoms with Crippen molar-refractivity contribution in [3.05, 3.63) is 46.2 Å². The number of aryl methyl sites for hydroxylation is 1. The van der Waals surface area contributed by atoms with Crippen LogP contribution in [0.4, 0.5) is 11.6 Å². The molecular formula is C15H15BrN4O. The van der Waals surface area contributed by atoms with E-state index in [0.29, 0.717) is 17.7 Å². The van der Waals surface area contributed by atoms with Gasteiger partial charge in [-0.05, 0) is 49.6 Å². The molecule has 0 bridgehead atoms. The third-order valence-electron chi connectivity index (χ3n) is 3.24. The van der Waals surface area contributed by atoms with Gasteiger partial charge in [-0.15, -0.1) is 0 Å². The first-order valence-electron chi connectivity index (χ1n) is 6.79. The number of halogens is 1. The van der Waals surface area contributed by atoms with Crippen LogP contribution >= 0.6 is 15.9 Å². The zero-order valence-electron chi connectivity index (χ0n) is 11.6. The first-order valence-corrected chi connectivity index (χ1v) is 7.58. The molecule has 21 heavy (non-hydrogen) atoms. The zero-order chi connectivity index (χ0) is 14.8. The lowest BCUT2D eigenvalue weighted by atomic mass is 10.2. The summed E-state index contributed by atoms with van der Waals surface area (Å²) in [6, 6.07) is 7.78. The Morgan fingerprint density at radius 3 is 2.86 bits per heavy atom. The lowest BCUT2D eigenvalue weighted by Crippen LogP contribution is -2.16. The van der Waals surface area contributed by atoms with Crippen LogP contribution in [0.25, 0.3) is 0 Å². The van der Waals surface area contributed by atoms with Gasteiger partial charge in [-0.2, -0.15) is 0 Å². The summed E-state index contributed by atoms with van der Waals surface area (Å²) in [6.45, 7) is 1.94. The number of nitrogens with one attached hydrogen (secondary N) is 2. The van der Waals surface area contributed by atoms with Gasteiger partial charge < -0.3 is 10.6 Å². The lowest BCUT2D eigenvalue weighted by molar-refractivity contribution is 0.102. The minimum atomic E-state index is -0.235. The van der Waals surface area contributed by atoms with Crippen molar-refractivity contribution in [2.45, 2.75) is 25.8 Å². The summed E-state index contributed by atoms with van der Waals surface area (Å²) in [7, 11) is 0. The second kappa shape index (κ2) is 5.81. The summed E-state index contributed by atoms with van der Waals surface area (Å²) >= 11 is 3.40. The van der Waals surface area contributed by atoms with E-state index in [0.717, 1.165) is 28.6 Å². The standard InChI is InChI=1S/C15H15BrN4O/c1-9-8-10(16)2-5-12(9)19-14(21)13-6-7-17-15(20-13)18-11-3-4-11/h2,5-8,11H,3-4H2,1H3,(H,19,21)(H,17,18,20). The van der Waals surface area contributed by atoms with E-state index in [1.54, 1.807) is 12.3 Å². The number of carbonyl (C=O) groups is 1. The van der Waals surface area contributed by atoms with Crippen molar-refractivity contribution in [3.8, 4) is 0 Å². The maximum Gasteiger partial charge on any atom is 0.274 e. The average Bonchev–Trinajstić information content (AvgIpc) is 3.26. The summed E-state index contributed by atoms with van der Waals surface area (Å²) in [5.74, 6) is 0.277. The van der Waals surface area contributed by atoms with E-state index in [1.165, 1.54) is 0 Å². The minimum Gasteiger partial charge on any atom is -0.351 e. The molecule has 0 atom stereocenters. The van der Waals surface area contributed by atoms with Gasteiger partial charge in [0.25, 0.3) is 5.91 Å². The van der Waals surface area contributed by atoms with Crippen molar-refractivity contribution in [1.29, 1.82) is 0 Å². The van der Waals surface area contributed by atoms with Crippen LogP contribution in [-0.2, 0) is 0 Å². The molecule has 5 nitrogen and oxygen atoms in total. The highest BCUT2D eigenvalue weighted by Crippen LogP contribution is 2.23. The van der Waals surface area contributed by atoms with Gasteiger partial charge in [0.05, 0.1) is 0 Å². The molecule has 108 valence electrons. The number of rotatable bonds is 4. The fraction of sp³-hybridized carbons (Fsp3) is 0.267. The van der Waals surface area contributed by atoms with Crippen LogP contribution in [0.2, 0.25) is 0 Å². The molecule has 1 fully saturated rings. The molecule has 0 unspecified atom stereocenters. The van der Waals surface area contributed by atoms with Crippen LogP contribution in [0.15, 0.2) is 34.9 Å². The normalized spacial score (nSPS) is 13.8. The molecule has 6 heteroatoms. The van der Waals surface area contributed by atoms with Crippen LogP contribution in [0.5, 0.6) is 0 Å². The topological polar surface area (TPSA) is 66.9 Å². The number of anilines is 2. The Labute approximate surface area is 131 Å². The summed E-state index contributed by atoms with van der Waals surface area (Å²) < 4.78 is 0.982. The molecule has 1 aliphatic rings. The number of hydrogen-bond acceptors (Lipinski definition) is 4. The number of aromatic nitrogens is 2. The predicted molar refractivity (Wildman–Crippen MR) is 85.5 cm³/mol. The molecule has 3 rings (SSSR count). The molecule has 1 saturated carbocycles. The second-order valence-corrected chi connectivity index (χ2v) is 6.01. The van der Waals surface area contributed by atoms with Gasteiger partial charge in [-0.1, -0.05) is 15.9 Å². The number of hydrogen-bond donors (Lipinski definition) is 2. The highest BCUT2D eigenvalue weighted by Gasteiger charge is 2.22. The van der Waals surface area contributed by atoms with E-state index in [4.69, 9.17) is 0 Å².